The lowest BCUT2D eigenvalue weighted by molar-refractivity contribution is -0.0882. The Bertz CT molecular complexity index is 505. The molecular formula is C15H26N2O3. The second kappa shape index (κ2) is 4.74. The SMILES string of the molecule is COc1c(C(O)C2CC(C)(C)OC2(C)C)c(C)nn1C. The highest BCUT2D eigenvalue weighted by Crippen LogP contribution is 2.49. The van der Waals surface area contributed by atoms with Crippen LogP contribution in [-0.2, 0) is 11.8 Å². The molecule has 1 fully saturated rings. The average molecular weight is 282 g/mol. The van der Waals surface area contributed by atoms with Crippen molar-refractivity contribution in [1.82, 2.24) is 9.78 Å². The maximum absolute atomic E-state index is 10.9. The van der Waals surface area contributed by atoms with Crippen molar-refractivity contribution in [3.05, 3.63) is 11.3 Å². The smallest absolute Gasteiger partial charge is 0.217 e. The van der Waals surface area contributed by atoms with Gasteiger partial charge in [-0.25, -0.2) is 4.68 Å². The largest absolute Gasteiger partial charge is 0.481 e. The minimum absolute atomic E-state index is 0.00861. The topological polar surface area (TPSA) is 56.5 Å². The maximum Gasteiger partial charge on any atom is 0.217 e. The van der Waals surface area contributed by atoms with Crippen LogP contribution in [0.1, 0.15) is 51.5 Å². The molecular weight excluding hydrogens is 256 g/mol. The van der Waals surface area contributed by atoms with Crippen LogP contribution in [0, 0.1) is 12.8 Å². The second-order valence-corrected chi connectivity index (χ2v) is 6.85. The Kier molecular flexibility index (Phi) is 3.63. The van der Waals surface area contributed by atoms with Gasteiger partial charge >= 0.3 is 0 Å². The fourth-order valence-corrected chi connectivity index (χ4v) is 3.53. The first-order valence-electron chi connectivity index (χ1n) is 7.05. The Balaban J connectivity index is 2.39. The maximum atomic E-state index is 10.9. The van der Waals surface area contributed by atoms with E-state index in [9.17, 15) is 5.11 Å². The number of aliphatic hydroxyl groups is 1. The van der Waals surface area contributed by atoms with E-state index in [0.29, 0.717) is 5.88 Å². The Morgan fingerprint density at radius 1 is 1.40 bits per heavy atom. The fraction of sp³-hybridized carbons (Fsp3) is 0.800. The first kappa shape index (κ1) is 15.3. The fourth-order valence-electron chi connectivity index (χ4n) is 3.53. The van der Waals surface area contributed by atoms with Gasteiger partial charge in [-0.05, 0) is 41.0 Å². The number of methoxy groups -OCH3 is 1. The Hall–Kier alpha value is -1.07. The van der Waals surface area contributed by atoms with Gasteiger partial charge < -0.3 is 14.6 Å². The number of aromatic nitrogens is 2. The Morgan fingerprint density at radius 2 is 2.00 bits per heavy atom. The molecule has 2 heterocycles. The molecule has 2 rings (SSSR count). The molecule has 20 heavy (non-hydrogen) atoms. The minimum Gasteiger partial charge on any atom is -0.481 e. The summed E-state index contributed by atoms with van der Waals surface area (Å²) in [5.74, 6) is 0.629. The second-order valence-electron chi connectivity index (χ2n) is 6.85. The van der Waals surface area contributed by atoms with Gasteiger partial charge in [-0.2, -0.15) is 5.10 Å². The van der Waals surface area contributed by atoms with Crippen LogP contribution in [-0.4, -0.2) is 33.2 Å². The third-order valence-electron chi connectivity index (χ3n) is 4.23. The van der Waals surface area contributed by atoms with Crippen LogP contribution in [0.4, 0.5) is 0 Å². The van der Waals surface area contributed by atoms with Crippen molar-refractivity contribution < 1.29 is 14.6 Å². The van der Waals surface area contributed by atoms with E-state index < -0.39 is 6.10 Å². The van der Waals surface area contributed by atoms with Crippen LogP contribution in [0.5, 0.6) is 5.88 Å². The van der Waals surface area contributed by atoms with Crippen molar-refractivity contribution in [1.29, 1.82) is 0 Å². The molecule has 0 bridgehead atoms. The highest BCUT2D eigenvalue weighted by Gasteiger charge is 2.50. The zero-order valence-corrected chi connectivity index (χ0v) is 13.5. The Labute approximate surface area is 120 Å². The van der Waals surface area contributed by atoms with Gasteiger partial charge in [-0.15, -0.1) is 0 Å². The summed E-state index contributed by atoms with van der Waals surface area (Å²) in [6.45, 7) is 10.1. The predicted molar refractivity (Wildman–Crippen MR) is 76.8 cm³/mol. The first-order chi connectivity index (χ1) is 9.09. The number of aryl methyl sites for hydroxylation is 2. The molecule has 0 radical (unpaired) electrons. The molecule has 5 nitrogen and oxygen atoms in total. The van der Waals surface area contributed by atoms with Crippen LogP contribution in [0.3, 0.4) is 0 Å². The number of nitrogens with zero attached hydrogens (tertiary/aromatic N) is 2. The average Bonchev–Trinajstić information content (AvgIpc) is 2.69. The summed E-state index contributed by atoms with van der Waals surface area (Å²) in [6.07, 6.45) is 0.161. The highest BCUT2D eigenvalue weighted by atomic mass is 16.5. The molecule has 0 aliphatic carbocycles. The highest BCUT2D eigenvalue weighted by molar-refractivity contribution is 5.34. The minimum atomic E-state index is -0.643. The lowest BCUT2D eigenvalue weighted by Crippen LogP contribution is -2.32. The van der Waals surface area contributed by atoms with Crippen LogP contribution < -0.4 is 4.74 Å². The zero-order chi connectivity index (χ0) is 15.3. The number of ether oxygens (including phenoxy) is 2. The van der Waals surface area contributed by atoms with E-state index in [2.05, 4.69) is 18.9 Å². The molecule has 1 aromatic heterocycles. The van der Waals surface area contributed by atoms with Crippen molar-refractivity contribution in [2.75, 3.05) is 7.11 Å². The number of aliphatic hydroxyl groups excluding tert-OH is 1. The van der Waals surface area contributed by atoms with E-state index in [1.807, 2.05) is 27.8 Å². The summed E-state index contributed by atoms with van der Waals surface area (Å²) >= 11 is 0. The third-order valence-corrected chi connectivity index (χ3v) is 4.23. The molecule has 1 aromatic rings. The molecule has 1 N–H and O–H groups in total. The van der Waals surface area contributed by atoms with E-state index >= 15 is 0 Å². The Morgan fingerprint density at radius 3 is 2.45 bits per heavy atom. The van der Waals surface area contributed by atoms with Crippen molar-refractivity contribution in [2.45, 2.75) is 58.3 Å². The van der Waals surface area contributed by atoms with Crippen molar-refractivity contribution >= 4 is 0 Å². The first-order valence-corrected chi connectivity index (χ1v) is 7.05. The molecule has 0 amide bonds. The summed E-state index contributed by atoms with van der Waals surface area (Å²) < 4.78 is 13.1. The zero-order valence-electron chi connectivity index (χ0n) is 13.5. The number of hydrogen-bond acceptors (Lipinski definition) is 4. The van der Waals surface area contributed by atoms with Gasteiger partial charge in [-0.1, -0.05) is 0 Å². The molecule has 1 aliphatic heterocycles. The van der Waals surface area contributed by atoms with E-state index in [1.165, 1.54) is 0 Å². The van der Waals surface area contributed by atoms with Crippen molar-refractivity contribution in [3.8, 4) is 5.88 Å². The standard InChI is InChI=1S/C15H26N2O3/c1-9-11(13(19-7)17(6)16-9)12(18)10-8-14(2,3)20-15(10,4)5/h10,12,18H,8H2,1-7H3. The molecule has 114 valence electrons. The lowest BCUT2D eigenvalue weighted by Gasteiger charge is -2.30. The van der Waals surface area contributed by atoms with Crippen LogP contribution in [0.2, 0.25) is 0 Å². The molecule has 2 atom stereocenters. The van der Waals surface area contributed by atoms with Crippen LogP contribution >= 0.6 is 0 Å². The van der Waals surface area contributed by atoms with Gasteiger partial charge in [0, 0.05) is 13.0 Å². The van der Waals surface area contributed by atoms with Crippen LogP contribution in [0.15, 0.2) is 0 Å². The van der Waals surface area contributed by atoms with Gasteiger partial charge in [0.15, 0.2) is 0 Å². The molecule has 1 saturated heterocycles. The molecule has 0 spiro atoms. The molecule has 5 heteroatoms. The number of rotatable bonds is 3. The van der Waals surface area contributed by atoms with E-state index in [-0.39, 0.29) is 17.1 Å². The molecule has 0 aromatic carbocycles. The van der Waals surface area contributed by atoms with Crippen molar-refractivity contribution in [2.24, 2.45) is 13.0 Å². The monoisotopic (exact) mass is 282 g/mol. The summed E-state index contributed by atoms with van der Waals surface area (Å²) in [7, 11) is 3.43. The summed E-state index contributed by atoms with van der Waals surface area (Å²) in [4.78, 5) is 0. The van der Waals surface area contributed by atoms with Crippen molar-refractivity contribution in [3.63, 3.8) is 0 Å². The summed E-state index contributed by atoms with van der Waals surface area (Å²) in [5, 5.41) is 15.2. The van der Waals surface area contributed by atoms with Crippen LogP contribution in [0.25, 0.3) is 0 Å². The van der Waals surface area contributed by atoms with E-state index in [4.69, 9.17) is 9.47 Å². The lowest BCUT2D eigenvalue weighted by atomic mass is 9.80. The van der Waals surface area contributed by atoms with Gasteiger partial charge in [0.25, 0.3) is 0 Å². The number of hydrogen-bond donors (Lipinski definition) is 1. The summed E-state index contributed by atoms with van der Waals surface area (Å²) in [6, 6.07) is 0. The normalized spacial score (nSPS) is 25.7. The van der Waals surface area contributed by atoms with Gasteiger partial charge in [0.05, 0.1) is 35.7 Å². The van der Waals surface area contributed by atoms with E-state index in [0.717, 1.165) is 17.7 Å². The third kappa shape index (κ3) is 2.44. The van der Waals surface area contributed by atoms with E-state index in [1.54, 1.807) is 11.8 Å². The predicted octanol–water partition coefficient (Wildman–Crippen LogP) is 2.36. The van der Waals surface area contributed by atoms with Gasteiger partial charge in [-0.3, -0.25) is 0 Å². The van der Waals surface area contributed by atoms with Gasteiger partial charge in [0.2, 0.25) is 5.88 Å². The quantitative estimate of drug-likeness (QED) is 0.924. The molecule has 1 aliphatic rings. The summed E-state index contributed by atoms with van der Waals surface area (Å²) in [5.41, 5.74) is 0.973. The van der Waals surface area contributed by atoms with Gasteiger partial charge in [0.1, 0.15) is 0 Å². The molecule has 2 unspecified atom stereocenters. The molecule has 0 saturated carbocycles.